The van der Waals surface area contributed by atoms with Crippen molar-refractivity contribution in [3.8, 4) is 0 Å². The number of fused-ring (bicyclic) bond motifs is 2. The second-order valence-electron chi connectivity index (χ2n) is 7.75. The Bertz CT molecular complexity index is 1330. The molecule has 0 unspecified atom stereocenters. The van der Waals surface area contributed by atoms with Crippen LogP contribution in [0.1, 0.15) is 30.6 Å². The van der Waals surface area contributed by atoms with E-state index in [1.54, 1.807) is 29.0 Å². The van der Waals surface area contributed by atoms with Crippen LogP contribution in [0.15, 0.2) is 58.6 Å². The number of carbonyl (C=O) groups is 1. The molecule has 4 aromatic rings. The molecular formula is C24H24ClN3O3S. The number of rotatable bonds is 9. The van der Waals surface area contributed by atoms with E-state index in [2.05, 4.69) is 9.97 Å². The van der Waals surface area contributed by atoms with Crippen LogP contribution in [0, 0.1) is 0 Å². The van der Waals surface area contributed by atoms with Gasteiger partial charge in [0.2, 0.25) is 0 Å². The molecule has 0 atom stereocenters. The van der Waals surface area contributed by atoms with E-state index in [1.165, 1.54) is 11.8 Å². The molecule has 166 valence electrons. The highest BCUT2D eigenvalue weighted by Gasteiger charge is 2.16. The Hall–Kier alpha value is -2.61. The number of nitrogens with zero attached hydrogens (tertiary/aromatic N) is 2. The van der Waals surface area contributed by atoms with Gasteiger partial charge < -0.3 is 9.72 Å². The van der Waals surface area contributed by atoms with Gasteiger partial charge in [0.15, 0.2) is 10.9 Å². The SMILES string of the molecule is CC(C)OCCCn1c(SCC(=O)c2c[nH]c3ccccc23)nc2cc(Cl)ccc2c1=O. The number of aromatic amines is 1. The van der Waals surface area contributed by atoms with Crippen LogP contribution >= 0.6 is 23.4 Å². The Balaban J connectivity index is 1.61. The van der Waals surface area contributed by atoms with Crippen molar-refractivity contribution < 1.29 is 9.53 Å². The van der Waals surface area contributed by atoms with Gasteiger partial charge in [-0.05, 0) is 44.5 Å². The van der Waals surface area contributed by atoms with Crippen molar-refractivity contribution in [1.29, 1.82) is 0 Å². The minimum absolute atomic E-state index is 0.0254. The fourth-order valence-electron chi connectivity index (χ4n) is 3.53. The van der Waals surface area contributed by atoms with Crippen LogP contribution in [0.25, 0.3) is 21.8 Å². The monoisotopic (exact) mass is 469 g/mol. The predicted molar refractivity (Wildman–Crippen MR) is 130 cm³/mol. The Morgan fingerprint density at radius 3 is 2.84 bits per heavy atom. The van der Waals surface area contributed by atoms with Crippen LogP contribution in [0.2, 0.25) is 5.02 Å². The van der Waals surface area contributed by atoms with E-state index in [0.717, 1.165) is 10.9 Å². The zero-order valence-electron chi connectivity index (χ0n) is 17.9. The predicted octanol–water partition coefficient (Wildman–Crippen LogP) is 5.32. The number of halogens is 1. The molecule has 6 nitrogen and oxygen atoms in total. The highest BCUT2D eigenvalue weighted by Crippen LogP contribution is 2.24. The maximum absolute atomic E-state index is 13.2. The lowest BCUT2D eigenvalue weighted by Crippen LogP contribution is -2.24. The number of hydrogen-bond donors (Lipinski definition) is 1. The molecule has 1 N–H and O–H groups in total. The molecule has 2 aromatic carbocycles. The van der Waals surface area contributed by atoms with Crippen molar-refractivity contribution in [2.75, 3.05) is 12.4 Å². The van der Waals surface area contributed by atoms with Crippen LogP contribution in [0.5, 0.6) is 0 Å². The van der Waals surface area contributed by atoms with Gasteiger partial charge in [0.05, 0.1) is 22.8 Å². The van der Waals surface area contributed by atoms with E-state index in [9.17, 15) is 9.59 Å². The Morgan fingerprint density at radius 1 is 1.22 bits per heavy atom. The first-order valence-corrected chi connectivity index (χ1v) is 11.8. The van der Waals surface area contributed by atoms with Gasteiger partial charge in [-0.2, -0.15) is 0 Å². The molecule has 0 aliphatic rings. The van der Waals surface area contributed by atoms with Crippen molar-refractivity contribution in [2.24, 2.45) is 0 Å². The van der Waals surface area contributed by atoms with E-state index in [-0.39, 0.29) is 23.2 Å². The fraction of sp³-hybridized carbons (Fsp3) is 0.292. The molecule has 0 saturated heterocycles. The van der Waals surface area contributed by atoms with Crippen LogP contribution < -0.4 is 5.56 Å². The molecule has 0 radical (unpaired) electrons. The number of para-hydroxylation sites is 1. The minimum Gasteiger partial charge on any atom is -0.379 e. The lowest BCUT2D eigenvalue weighted by Gasteiger charge is -2.14. The molecule has 0 aliphatic carbocycles. The molecule has 2 heterocycles. The number of Topliss-reactive ketones (excluding diaryl/α,β-unsaturated/α-hetero) is 1. The highest BCUT2D eigenvalue weighted by atomic mass is 35.5. The molecule has 32 heavy (non-hydrogen) atoms. The number of H-pyrrole nitrogens is 1. The molecule has 0 amide bonds. The van der Waals surface area contributed by atoms with Gasteiger partial charge in [0, 0.05) is 40.8 Å². The summed E-state index contributed by atoms with van der Waals surface area (Å²) in [5, 5.41) is 2.41. The number of nitrogens with one attached hydrogen (secondary N) is 1. The van der Waals surface area contributed by atoms with E-state index < -0.39 is 0 Å². The van der Waals surface area contributed by atoms with E-state index in [1.807, 2.05) is 38.1 Å². The summed E-state index contributed by atoms with van der Waals surface area (Å²) in [6, 6.07) is 12.7. The van der Waals surface area contributed by atoms with Crippen molar-refractivity contribution in [3.63, 3.8) is 0 Å². The zero-order chi connectivity index (χ0) is 22.7. The summed E-state index contributed by atoms with van der Waals surface area (Å²) < 4.78 is 7.25. The molecule has 0 spiro atoms. The number of benzene rings is 2. The number of ketones is 1. The van der Waals surface area contributed by atoms with Gasteiger partial charge >= 0.3 is 0 Å². The Labute approximate surface area is 194 Å². The van der Waals surface area contributed by atoms with Crippen molar-refractivity contribution >= 4 is 51.0 Å². The summed E-state index contributed by atoms with van der Waals surface area (Å²) >= 11 is 7.38. The summed E-state index contributed by atoms with van der Waals surface area (Å²) in [4.78, 5) is 33.9. The largest absolute Gasteiger partial charge is 0.379 e. The molecule has 0 saturated carbocycles. The van der Waals surface area contributed by atoms with Crippen LogP contribution in [0.3, 0.4) is 0 Å². The summed E-state index contributed by atoms with van der Waals surface area (Å²) in [5.74, 6) is 0.144. The minimum atomic E-state index is -0.141. The Kier molecular flexibility index (Phi) is 6.98. The first-order chi connectivity index (χ1) is 15.4. The lowest BCUT2D eigenvalue weighted by molar-refractivity contribution is 0.0743. The maximum Gasteiger partial charge on any atom is 0.262 e. The molecule has 8 heteroatoms. The van der Waals surface area contributed by atoms with E-state index in [0.29, 0.717) is 46.2 Å². The van der Waals surface area contributed by atoms with Crippen LogP contribution in [-0.4, -0.2) is 38.8 Å². The fourth-order valence-corrected chi connectivity index (χ4v) is 4.61. The topological polar surface area (TPSA) is 77.0 Å². The molecule has 0 fully saturated rings. The smallest absolute Gasteiger partial charge is 0.262 e. The van der Waals surface area contributed by atoms with Crippen LogP contribution in [-0.2, 0) is 11.3 Å². The summed E-state index contributed by atoms with van der Waals surface area (Å²) in [7, 11) is 0. The van der Waals surface area contributed by atoms with Gasteiger partial charge in [0.1, 0.15) is 0 Å². The van der Waals surface area contributed by atoms with Gasteiger partial charge in [-0.1, -0.05) is 41.6 Å². The molecule has 0 bridgehead atoms. The number of hydrogen-bond acceptors (Lipinski definition) is 5. The molecule has 0 aliphatic heterocycles. The standard InChI is InChI=1S/C24H24ClN3O3S/c1-15(2)31-11-5-10-28-23(30)18-9-8-16(25)12-21(18)27-24(28)32-14-22(29)19-13-26-20-7-4-3-6-17(19)20/h3-4,6-9,12-13,15,26H,5,10-11,14H2,1-2H3. The molecule has 4 rings (SSSR count). The third-order valence-corrected chi connectivity index (χ3v) is 6.29. The zero-order valence-corrected chi connectivity index (χ0v) is 19.5. The van der Waals surface area contributed by atoms with Crippen molar-refractivity contribution in [2.45, 2.75) is 38.1 Å². The van der Waals surface area contributed by atoms with Gasteiger partial charge in [0.25, 0.3) is 5.56 Å². The number of aromatic nitrogens is 3. The highest BCUT2D eigenvalue weighted by molar-refractivity contribution is 7.99. The molecule has 2 aromatic heterocycles. The normalized spacial score (nSPS) is 11.6. The number of thioether (sulfide) groups is 1. The average molecular weight is 470 g/mol. The summed E-state index contributed by atoms with van der Waals surface area (Å²) in [6.07, 6.45) is 2.53. The van der Waals surface area contributed by atoms with Crippen LogP contribution in [0.4, 0.5) is 0 Å². The van der Waals surface area contributed by atoms with Gasteiger partial charge in [-0.25, -0.2) is 4.98 Å². The van der Waals surface area contributed by atoms with Crippen molar-refractivity contribution in [1.82, 2.24) is 14.5 Å². The molecular weight excluding hydrogens is 446 g/mol. The van der Waals surface area contributed by atoms with E-state index >= 15 is 0 Å². The summed E-state index contributed by atoms with van der Waals surface area (Å²) in [6.45, 7) is 4.96. The van der Waals surface area contributed by atoms with Crippen molar-refractivity contribution in [3.05, 3.63) is 69.6 Å². The average Bonchev–Trinajstić information content (AvgIpc) is 3.20. The first kappa shape index (κ1) is 22.6. The van der Waals surface area contributed by atoms with E-state index in [4.69, 9.17) is 16.3 Å². The van der Waals surface area contributed by atoms with Gasteiger partial charge in [-0.15, -0.1) is 0 Å². The number of carbonyl (C=O) groups excluding carboxylic acids is 1. The Morgan fingerprint density at radius 2 is 2.03 bits per heavy atom. The first-order valence-electron chi connectivity index (χ1n) is 10.5. The number of ether oxygens (including phenoxy) is 1. The third-order valence-electron chi connectivity index (χ3n) is 5.08. The second-order valence-corrected chi connectivity index (χ2v) is 9.12. The third kappa shape index (κ3) is 4.90. The van der Waals surface area contributed by atoms with Gasteiger partial charge in [-0.3, -0.25) is 14.2 Å². The maximum atomic E-state index is 13.2. The second kappa shape index (κ2) is 9.90. The lowest BCUT2D eigenvalue weighted by atomic mass is 10.1. The summed E-state index contributed by atoms with van der Waals surface area (Å²) in [5.41, 5.74) is 1.94. The quantitative estimate of drug-likeness (QED) is 0.155.